The maximum Gasteiger partial charge on any atom is 0.397 e. The van der Waals surface area contributed by atoms with Crippen molar-refractivity contribution in [2.45, 2.75) is 250 Å². The third-order valence-corrected chi connectivity index (χ3v) is 12.3. The summed E-state index contributed by atoms with van der Waals surface area (Å²) in [6.45, 7) is 3.87. The lowest BCUT2D eigenvalue weighted by Gasteiger charge is -2.41. The lowest BCUT2D eigenvalue weighted by Crippen LogP contribution is -2.60. The van der Waals surface area contributed by atoms with Gasteiger partial charge in [0.1, 0.15) is 30.5 Å². The van der Waals surface area contributed by atoms with E-state index in [1.165, 1.54) is 103 Å². The van der Waals surface area contributed by atoms with Gasteiger partial charge in [-0.3, -0.25) is 9.35 Å². The van der Waals surface area contributed by atoms with Crippen molar-refractivity contribution in [1.29, 1.82) is 0 Å². The molecule has 390 valence electrons. The van der Waals surface area contributed by atoms with Gasteiger partial charge in [0, 0.05) is 13.0 Å². The predicted octanol–water partition coefficient (Wildman–Crippen LogP) is 12.5. The number of hydrogen-bond donors (Lipinski definition) is 4. The molecule has 0 aromatic heterocycles. The van der Waals surface area contributed by atoms with Crippen LogP contribution in [0, 0.1) is 0 Å². The number of hydrogen-bond acceptors (Lipinski definition) is 11. The number of rotatable bonds is 46. The molecule has 0 amide bonds. The average Bonchev–Trinajstić information content (AvgIpc) is 3.30. The van der Waals surface area contributed by atoms with Crippen LogP contribution in [-0.4, -0.2) is 97.5 Å². The molecule has 1 aliphatic heterocycles. The van der Waals surface area contributed by atoms with Crippen molar-refractivity contribution in [2.75, 3.05) is 26.4 Å². The van der Waals surface area contributed by atoms with E-state index in [-0.39, 0.29) is 19.6 Å². The normalized spacial score (nSPS) is 19.9. The van der Waals surface area contributed by atoms with Gasteiger partial charge in [0.2, 0.25) is 0 Å². The molecular weight excluding hydrogens is 873 g/mol. The van der Waals surface area contributed by atoms with Crippen LogP contribution in [0.25, 0.3) is 0 Å². The van der Waals surface area contributed by atoms with E-state index in [0.717, 1.165) is 83.5 Å². The number of esters is 1. The summed E-state index contributed by atoms with van der Waals surface area (Å²) in [7, 11) is -5.07. The third kappa shape index (κ3) is 38.3. The van der Waals surface area contributed by atoms with Gasteiger partial charge in [-0.1, -0.05) is 190 Å². The Labute approximate surface area is 408 Å². The van der Waals surface area contributed by atoms with Gasteiger partial charge in [-0.2, -0.15) is 8.42 Å². The minimum Gasteiger partial charge on any atom is -0.457 e. The van der Waals surface area contributed by atoms with Crippen molar-refractivity contribution in [3.8, 4) is 0 Å². The van der Waals surface area contributed by atoms with Gasteiger partial charge in [0.05, 0.1) is 19.8 Å². The van der Waals surface area contributed by atoms with E-state index < -0.39 is 59.8 Å². The Kier molecular flexibility index (Phi) is 42.2. The van der Waals surface area contributed by atoms with Crippen LogP contribution in [0.3, 0.4) is 0 Å². The topological polar surface area (TPSA) is 178 Å². The Balaban J connectivity index is 2.30. The summed E-state index contributed by atoms with van der Waals surface area (Å²) in [4.78, 5) is 12.9. The largest absolute Gasteiger partial charge is 0.457 e. The molecule has 0 aromatic rings. The summed E-state index contributed by atoms with van der Waals surface area (Å²) < 4.78 is 59.3. The summed E-state index contributed by atoms with van der Waals surface area (Å²) in [5.74, 6) is -0.408. The quantitative estimate of drug-likeness (QED) is 0.0197. The number of carbonyl (C=O) groups is 1. The van der Waals surface area contributed by atoms with Crippen molar-refractivity contribution in [3.63, 3.8) is 0 Å². The molecule has 1 rings (SSSR count). The van der Waals surface area contributed by atoms with Gasteiger partial charge in [-0.25, -0.2) is 4.18 Å². The number of aliphatic hydroxyl groups is 3. The zero-order valence-corrected chi connectivity index (χ0v) is 42.8. The summed E-state index contributed by atoms with van der Waals surface area (Å²) in [6.07, 6.45) is 48.3. The van der Waals surface area contributed by atoms with Crippen LogP contribution in [0.4, 0.5) is 0 Å². The summed E-state index contributed by atoms with van der Waals surface area (Å²) in [6, 6.07) is 0. The lowest BCUT2D eigenvalue weighted by atomic mass is 9.99. The minimum absolute atomic E-state index is 0.0309. The molecule has 1 aliphatic rings. The van der Waals surface area contributed by atoms with Gasteiger partial charge < -0.3 is 34.3 Å². The van der Waals surface area contributed by atoms with E-state index in [4.69, 9.17) is 18.9 Å². The number of unbranched alkanes of at least 4 members (excludes halogenated alkanes) is 23. The van der Waals surface area contributed by atoms with E-state index in [9.17, 15) is 33.1 Å². The van der Waals surface area contributed by atoms with Gasteiger partial charge in [-0.05, 0) is 77.0 Å². The van der Waals surface area contributed by atoms with Crippen LogP contribution in [-0.2, 0) is 38.3 Å². The zero-order chi connectivity index (χ0) is 48.9. The second-order valence-corrected chi connectivity index (χ2v) is 19.1. The molecule has 1 saturated heterocycles. The van der Waals surface area contributed by atoms with E-state index in [2.05, 4.69) is 78.8 Å². The second kappa shape index (κ2) is 45.0. The summed E-state index contributed by atoms with van der Waals surface area (Å²) >= 11 is 0. The van der Waals surface area contributed by atoms with Crippen molar-refractivity contribution in [3.05, 3.63) is 60.8 Å². The van der Waals surface area contributed by atoms with Crippen LogP contribution < -0.4 is 0 Å². The summed E-state index contributed by atoms with van der Waals surface area (Å²) in [5, 5.41) is 30.8. The Bertz CT molecular complexity index is 1400. The molecule has 6 unspecified atom stereocenters. The highest BCUT2D eigenvalue weighted by Gasteiger charge is 2.48. The molecule has 12 nitrogen and oxygen atoms in total. The highest BCUT2D eigenvalue weighted by atomic mass is 32.3. The van der Waals surface area contributed by atoms with Crippen LogP contribution in [0.2, 0.25) is 0 Å². The highest BCUT2D eigenvalue weighted by Crippen LogP contribution is 2.26. The lowest BCUT2D eigenvalue weighted by molar-refractivity contribution is -0.301. The van der Waals surface area contributed by atoms with Crippen LogP contribution in [0.15, 0.2) is 60.8 Å². The minimum atomic E-state index is -5.07. The molecule has 0 spiro atoms. The van der Waals surface area contributed by atoms with E-state index in [0.29, 0.717) is 13.0 Å². The molecule has 0 bridgehead atoms. The van der Waals surface area contributed by atoms with Gasteiger partial charge in [-0.15, -0.1) is 0 Å². The monoisotopic (exact) mass is 969 g/mol. The maximum absolute atomic E-state index is 12.9. The van der Waals surface area contributed by atoms with Crippen molar-refractivity contribution >= 4 is 16.4 Å². The fourth-order valence-corrected chi connectivity index (χ4v) is 8.40. The second-order valence-electron chi connectivity index (χ2n) is 18.1. The zero-order valence-electron chi connectivity index (χ0n) is 41.9. The van der Waals surface area contributed by atoms with Crippen LogP contribution in [0.5, 0.6) is 0 Å². The standard InChI is InChI=1S/C54H96O12S/c1-3-5-7-9-11-13-15-17-19-20-21-22-23-24-25-26-27-28-29-30-32-34-36-38-40-42-44-62-46-48(47-63-54-52(58)53(66-67(59,60)61)51(57)49(45-55)65-54)64-50(56)43-41-39-37-35-33-31-18-16-14-12-10-8-6-4-2/h5,7,11,13,16-19,21-22,48-49,51-55,57-58H,3-4,6,8-10,12,14-15,20,23-47H2,1-2H3,(H,59,60,61)/b7-5-,13-11-,18-16-,19-17-,22-21-. The first kappa shape index (κ1) is 62.8. The third-order valence-electron chi connectivity index (χ3n) is 11.9. The molecule has 67 heavy (non-hydrogen) atoms. The maximum atomic E-state index is 12.9. The first-order valence-electron chi connectivity index (χ1n) is 26.5. The fraction of sp³-hybridized carbons (Fsp3) is 0.796. The Hall–Kier alpha value is -2.20. The van der Waals surface area contributed by atoms with Gasteiger partial charge >= 0.3 is 16.4 Å². The Morgan fingerprint density at radius 2 is 1.03 bits per heavy atom. The molecule has 0 aliphatic carbocycles. The number of ether oxygens (including phenoxy) is 4. The average molecular weight is 969 g/mol. The van der Waals surface area contributed by atoms with E-state index in [1.807, 2.05) is 0 Å². The first-order valence-corrected chi connectivity index (χ1v) is 27.9. The van der Waals surface area contributed by atoms with Crippen LogP contribution in [0.1, 0.15) is 213 Å². The van der Waals surface area contributed by atoms with Crippen molar-refractivity contribution in [2.24, 2.45) is 0 Å². The molecule has 0 aromatic carbocycles. The van der Waals surface area contributed by atoms with Gasteiger partial charge in [0.25, 0.3) is 0 Å². The highest BCUT2D eigenvalue weighted by molar-refractivity contribution is 7.80. The van der Waals surface area contributed by atoms with E-state index >= 15 is 0 Å². The van der Waals surface area contributed by atoms with Crippen molar-refractivity contribution in [1.82, 2.24) is 0 Å². The molecule has 1 heterocycles. The number of aliphatic hydroxyl groups excluding tert-OH is 3. The van der Waals surface area contributed by atoms with Crippen molar-refractivity contribution < 1.29 is 56.2 Å². The number of allylic oxidation sites excluding steroid dienone is 10. The fourth-order valence-electron chi connectivity index (χ4n) is 7.89. The molecule has 4 N–H and O–H groups in total. The molecule has 0 saturated carbocycles. The van der Waals surface area contributed by atoms with Gasteiger partial charge in [0.15, 0.2) is 6.29 Å². The number of carbonyl (C=O) groups excluding carboxylic acids is 1. The molecule has 6 atom stereocenters. The molecule has 1 fully saturated rings. The molecular formula is C54H96O12S. The van der Waals surface area contributed by atoms with E-state index in [1.54, 1.807) is 0 Å². The smallest absolute Gasteiger partial charge is 0.397 e. The van der Waals surface area contributed by atoms with Crippen LogP contribution >= 0.6 is 0 Å². The molecule has 13 heteroatoms. The summed E-state index contributed by atoms with van der Waals surface area (Å²) in [5.41, 5.74) is 0. The first-order chi connectivity index (χ1) is 32.6. The Morgan fingerprint density at radius 1 is 0.582 bits per heavy atom. The molecule has 0 radical (unpaired) electrons. The predicted molar refractivity (Wildman–Crippen MR) is 271 cm³/mol. The SMILES string of the molecule is CC/C=C\C/C=C\C/C=C\C/C=C\CCCCCCCCCCCCCCCOCC(COC1OC(CO)C(O)C(OS(=O)(=O)O)C1O)OC(=O)CCCCCCC/C=C\CCCCCCC. The Morgan fingerprint density at radius 3 is 1.52 bits per heavy atom.